The molecule has 0 atom stereocenters. The number of hydrogen-bond donors (Lipinski definition) is 2. The number of nitrogens with two attached hydrogens (primary N) is 1. The topological polar surface area (TPSA) is 61.0 Å². The first-order valence-corrected chi connectivity index (χ1v) is 3.61. The summed E-state index contributed by atoms with van der Waals surface area (Å²) in [4.78, 5) is 0. The van der Waals surface area contributed by atoms with Crippen molar-refractivity contribution < 1.29 is 0 Å². The van der Waals surface area contributed by atoms with Crippen LogP contribution in [0.5, 0.6) is 0 Å². The number of hydrogen-bond acceptors (Lipinski definition) is 2. The zero-order valence-corrected chi connectivity index (χ0v) is 7.35. The van der Waals surface area contributed by atoms with Gasteiger partial charge in [-0.1, -0.05) is 26.0 Å². The molecule has 0 aromatic carbocycles. The van der Waals surface area contributed by atoms with Crippen molar-refractivity contribution in [3.05, 3.63) is 12.2 Å². The van der Waals surface area contributed by atoms with Crippen LogP contribution in [0.3, 0.4) is 0 Å². The van der Waals surface area contributed by atoms with Gasteiger partial charge in [-0.2, -0.15) is 0 Å². The maximum atomic E-state index is 5.92. The maximum absolute atomic E-state index is 5.92. The van der Waals surface area contributed by atoms with Gasteiger partial charge in [0.05, 0.1) is 0 Å². The Labute approximate surface area is 64.1 Å². The lowest BCUT2D eigenvalue weighted by molar-refractivity contribution is 0.493. The Balaban J connectivity index is 0. The minimum Gasteiger partial charge on any atom is -0.344 e. The largest absolute Gasteiger partial charge is 0.344 e. The molecular weight excluding hydrogens is 124 g/mol. The van der Waals surface area contributed by atoms with Crippen LogP contribution in [0.4, 0.5) is 0 Å². The van der Waals surface area contributed by atoms with Crippen molar-refractivity contribution in [1.29, 1.82) is 0 Å². The molecule has 0 heterocycles. The van der Waals surface area contributed by atoms with E-state index in [0.29, 0.717) is 0 Å². The predicted octanol–water partition coefficient (Wildman–Crippen LogP) is 2.24. The van der Waals surface area contributed by atoms with E-state index >= 15 is 0 Å². The Morgan fingerprint density at radius 2 is 1.70 bits per heavy atom. The van der Waals surface area contributed by atoms with Gasteiger partial charge >= 0.3 is 0 Å². The van der Waals surface area contributed by atoms with Crippen LogP contribution < -0.4 is 11.9 Å². The highest BCUT2D eigenvalue weighted by atomic mass is 14.7. The molecule has 5 N–H and O–H groups in total. The summed E-state index contributed by atoms with van der Waals surface area (Å²) < 4.78 is 0. The van der Waals surface area contributed by atoms with Gasteiger partial charge in [0.25, 0.3) is 0 Å². The highest BCUT2D eigenvalue weighted by molar-refractivity contribution is 5.01. The summed E-state index contributed by atoms with van der Waals surface area (Å²) in [5, 5.41) is 0. The molecule has 0 bridgehead atoms. The second-order valence-electron chi connectivity index (χ2n) is 2.44. The van der Waals surface area contributed by atoms with Crippen molar-refractivity contribution in [2.24, 2.45) is 5.73 Å². The molecule has 0 aromatic rings. The minimum atomic E-state index is -0.0469. The van der Waals surface area contributed by atoms with Crippen LogP contribution >= 0.6 is 0 Å². The summed E-state index contributed by atoms with van der Waals surface area (Å²) in [6, 6.07) is 0. The SMILES string of the molecule is CC=CC(N)(CC)CC.N. The highest BCUT2D eigenvalue weighted by Gasteiger charge is 2.14. The molecule has 0 saturated carbocycles. The second kappa shape index (κ2) is 5.45. The summed E-state index contributed by atoms with van der Waals surface area (Å²) in [5.74, 6) is 0. The summed E-state index contributed by atoms with van der Waals surface area (Å²) in [6.45, 7) is 6.24. The van der Waals surface area contributed by atoms with Crippen molar-refractivity contribution >= 4 is 0 Å². The lowest BCUT2D eigenvalue weighted by atomic mass is 9.94. The van der Waals surface area contributed by atoms with Crippen LogP contribution in [0.2, 0.25) is 0 Å². The Bertz CT molecular complexity index is 93.4. The van der Waals surface area contributed by atoms with Crippen LogP contribution in [-0.4, -0.2) is 5.54 Å². The third kappa shape index (κ3) is 3.64. The zero-order valence-electron chi connectivity index (χ0n) is 7.35. The molecule has 0 aliphatic rings. The second-order valence-corrected chi connectivity index (χ2v) is 2.44. The van der Waals surface area contributed by atoms with Crippen molar-refractivity contribution in [3.8, 4) is 0 Å². The first-order chi connectivity index (χ1) is 4.18. The van der Waals surface area contributed by atoms with E-state index in [4.69, 9.17) is 5.73 Å². The zero-order chi connectivity index (χ0) is 7.33. The van der Waals surface area contributed by atoms with E-state index in [0.717, 1.165) is 12.8 Å². The van der Waals surface area contributed by atoms with Gasteiger partial charge in [0.1, 0.15) is 0 Å². The van der Waals surface area contributed by atoms with Gasteiger partial charge in [0.15, 0.2) is 0 Å². The molecule has 62 valence electrons. The highest BCUT2D eigenvalue weighted by Crippen LogP contribution is 2.11. The molecular formula is C8H20N2. The molecule has 0 rings (SSSR count). The molecule has 0 aliphatic carbocycles. The number of rotatable bonds is 3. The third-order valence-electron chi connectivity index (χ3n) is 1.82. The standard InChI is InChI=1S/C8H17N.H3N/c1-4-7-8(9,5-2)6-3;/h4,7H,5-6,9H2,1-3H3;1H3. The van der Waals surface area contributed by atoms with Crippen molar-refractivity contribution in [2.45, 2.75) is 39.2 Å². The van der Waals surface area contributed by atoms with Crippen LogP contribution in [0, 0.1) is 0 Å². The Kier molecular flexibility index (Phi) is 6.72. The summed E-state index contributed by atoms with van der Waals surface area (Å²) >= 11 is 0. The lowest BCUT2D eigenvalue weighted by Gasteiger charge is -2.21. The maximum Gasteiger partial charge on any atom is 0.0333 e. The Morgan fingerprint density at radius 1 is 1.30 bits per heavy atom. The summed E-state index contributed by atoms with van der Waals surface area (Å²) in [6.07, 6.45) is 6.14. The molecule has 2 heteroatoms. The first-order valence-electron chi connectivity index (χ1n) is 3.61. The molecule has 2 nitrogen and oxygen atoms in total. The van der Waals surface area contributed by atoms with Crippen molar-refractivity contribution in [2.75, 3.05) is 0 Å². The molecule has 0 amide bonds. The molecule has 0 fully saturated rings. The lowest BCUT2D eigenvalue weighted by Crippen LogP contribution is -2.35. The normalized spacial score (nSPS) is 11.6. The van der Waals surface area contributed by atoms with Crippen LogP contribution in [0.15, 0.2) is 12.2 Å². The van der Waals surface area contributed by atoms with Crippen LogP contribution in [-0.2, 0) is 0 Å². The van der Waals surface area contributed by atoms with E-state index in [9.17, 15) is 0 Å². The fourth-order valence-electron chi connectivity index (χ4n) is 0.818. The third-order valence-corrected chi connectivity index (χ3v) is 1.82. The van der Waals surface area contributed by atoms with Gasteiger partial charge in [-0.15, -0.1) is 0 Å². The van der Waals surface area contributed by atoms with Gasteiger partial charge in [-0.3, -0.25) is 0 Å². The van der Waals surface area contributed by atoms with Crippen molar-refractivity contribution in [3.63, 3.8) is 0 Å². The predicted molar refractivity (Wildman–Crippen MR) is 47.3 cm³/mol. The Morgan fingerprint density at radius 3 is 1.80 bits per heavy atom. The quantitative estimate of drug-likeness (QED) is 0.597. The Hall–Kier alpha value is -0.340. The molecule has 0 radical (unpaired) electrons. The van der Waals surface area contributed by atoms with E-state index in [1.54, 1.807) is 0 Å². The van der Waals surface area contributed by atoms with E-state index in [2.05, 4.69) is 19.9 Å². The molecule has 0 saturated heterocycles. The average Bonchev–Trinajstić information content (AvgIpc) is 1.89. The molecule has 0 aromatic heterocycles. The van der Waals surface area contributed by atoms with Gasteiger partial charge in [0, 0.05) is 5.54 Å². The van der Waals surface area contributed by atoms with Gasteiger partial charge in [0.2, 0.25) is 0 Å². The van der Waals surface area contributed by atoms with Gasteiger partial charge in [-0.05, 0) is 19.8 Å². The smallest absolute Gasteiger partial charge is 0.0333 e. The molecule has 0 aliphatic heterocycles. The van der Waals surface area contributed by atoms with E-state index in [1.165, 1.54) is 0 Å². The first kappa shape index (κ1) is 12.3. The minimum absolute atomic E-state index is 0. The van der Waals surface area contributed by atoms with Crippen LogP contribution in [0.25, 0.3) is 0 Å². The number of allylic oxidation sites excluding steroid dienone is 1. The summed E-state index contributed by atoms with van der Waals surface area (Å²) in [5.41, 5.74) is 5.87. The summed E-state index contributed by atoms with van der Waals surface area (Å²) in [7, 11) is 0. The van der Waals surface area contributed by atoms with Gasteiger partial charge in [-0.25, -0.2) is 0 Å². The monoisotopic (exact) mass is 144 g/mol. The van der Waals surface area contributed by atoms with E-state index < -0.39 is 0 Å². The van der Waals surface area contributed by atoms with Gasteiger partial charge < -0.3 is 11.9 Å². The van der Waals surface area contributed by atoms with E-state index in [1.807, 2.05) is 13.0 Å². The molecule has 0 spiro atoms. The fourth-order valence-corrected chi connectivity index (χ4v) is 0.818. The van der Waals surface area contributed by atoms with Crippen LogP contribution in [0.1, 0.15) is 33.6 Å². The van der Waals surface area contributed by atoms with Crippen molar-refractivity contribution in [1.82, 2.24) is 6.15 Å². The fraction of sp³-hybridized carbons (Fsp3) is 0.750. The molecule has 0 unspecified atom stereocenters. The average molecular weight is 144 g/mol. The van der Waals surface area contributed by atoms with E-state index in [-0.39, 0.29) is 11.7 Å². The molecule has 10 heavy (non-hydrogen) atoms.